The first-order valence-corrected chi connectivity index (χ1v) is 6.49. The minimum absolute atomic E-state index is 0.0695. The van der Waals surface area contributed by atoms with Gasteiger partial charge < -0.3 is 4.74 Å². The number of ether oxygens (including phenoxy) is 1. The maximum absolute atomic E-state index is 12.7. The van der Waals surface area contributed by atoms with Crippen molar-refractivity contribution in [3.63, 3.8) is 0 Å². The first-order chi connectivity index (χ1) is 11.0. The van der Waals surface area contributed by atoms with Crippen LogP contribution in [0.5, 0.6) is 5.75 Å². The number of hydrogen-bond donors (Lipinski definition) is 1. The summed E-state index contributed by atoms with van der Waals surface area (Å²) in [5.41, 5.74) is 2.62. The molecule has 0 fully saturated rings. The van der Waals surface area contributed by atoms with E-state index < -0.39 is 16.6 Å². The van der Waals surface area contributed by atoms with Gasteiger partial charge in [0.05, 0.1) is 11.1 Å². The first kappa shape index (κ1) is 16.1. The van der Waals surface area contributed by atoms with E-state index >= 15 is 0 Å². The summed E-state index contributed by atoms with van der Waals surface area (Å²) in [5, 5.41) is 14.3. The van der Waals surface area contributed by atoms with E-state index in [-0.39, 0.29) is 12.3 Å². The lowest BCUT2D eigenvalue weighted by molar-refractivity contribution is -0.384. The maximum atomic E-state index is 12.7. The molecule has 1 amide bonds. The molecule has 2 aromatic carbocycles. The van der Waals surface area contributed by atoms with Gasteiger partial charge in [-0.15, -0.1) is 0 Å². The van der Waals surface area contributed by atoms with E-state index in [0.717, 1.165) is 0 Å². The Labute approximate surface area is 130 Å². The van der Waals surface area contributed by atoms with Gasteiger partial charge in [0.1, 0.15) is 11.6 Å². The molecule has 0 aliphatic carbocycles. The van der Waals surface area contributed by atoms with Crippen molar-refractivity contribution in [1.82, 2.24) is 5.43 Å². The van der Waals surface area contributed by atoms with Crippen LogP contribution >= 0.6 is 0 Å². The number of hydrazone groups is 1. The summed E-state index contributed by atoms with van der Waals surface area (Å²) in [5.74, 6) is -0.566. The molecule has 0 saturated heterocycles. The summed E-state index contributed by atoms with van der Waals surface area (Å²) >= 11 is 0. The molecule has 0 bridgehead atoms. The van der Waals surface area contributed by atoms with Crippen molar-refractivity contribution in [2.75, 3.05) is 6.61 Å². The second kappa shape index (κ2) is 7.64. The number of carbonyl (C=O) groups is 1. The molecule has 0 aliphatic heterocycles. The Bertz CT molecular complexity index is 732. The lowest BCUT2D eigenvalue weighted by Crippen LogP contribution is -2.24. The van der Waals surface area contributed by atoms with Crippen LogP contribution in [0.2, 0.25) is 0 Å². The molecule has 118 valence electrons. The standard InChI is InChI=1S/C15H12FN3O4/c16-12-4-6-14(7-5-12)23-10-15(20)18-17-9-11-2-1-3-13(8-11)19(21)22/h1-9H,10H2,(H,18,20)/b17-9+. The van der Waals surface area contributed by atoms with Crippen LogP contribution in [0.1, 0.15) is 5.56 Å². The van der Waals surface area contributed by atoms with Crippen molar-refractivity contribution in [3.05, 3.63) is 70.0 Å². The van der Waals surface area contributed by atoms with Crippen LogP contribution in [0, 0.1) is 15.9 Å². The summed E-state index contributed by atoms with van der Waals surface area (Å²) in [6.45, 7) is -0.294. The number of nitro benzene ring substituents is 1. The van der Waals surface area contributed by atoms with Crippen LogP contribution in [0.15, 0.2) is 53.6 Å². The van der Waals surface area contributed by atoms with Gasteiger partial charge in [0, 0.05) is 17.7 Å². The number of benzene rings is 2. The number of nitrogens with one attached hydrogen (secondary N) is 1. The molecule has 23 heavy (non-hydrogen) atoms. The number of amides is 1. The topological polar surface area (TPSA) is 93.8 Å². The van der Waals surface area contributed by atoms with Gasteiger partial charge >= 0.3 is 0 Å². The minimum atomic E-state index is -0.521. The molecule has 0 heterocycles. The fourth-order valence-corrected chi connectivity index (χ4v) is 1.61. The first-order valence-electron chi connectivity index (χ1n) is 6.49. The molecule has 0 unspecified atom stereocenters. The van der Waals surface area contributed by atoms with Crippen LogP contribution < -0.4 is 10.2 Å². The molecule has 2 rings (SSSR count). The second-order valence-electron chi connectivity index (χ2n) is 4.39. The van der Waals surface area contributed by atoms with Crippen molar-refractivity contribution in [1.29, 1.82) is 0 Å². The molecule has 2 aromatic rings. The SMILES string of the molecule is O=C(COc1ccc(F)cc1)N/N=C/c1cccc([N+](=O)[O-])c1. The van der Waals surface area contributed by atoms with Gasteiger partial charge in [-0.1, -0.05) is 12.1 Å². The van der Waals surface area contributed by atoms with Crippen molar-refractivity contribution in [2.45, 2.75) is 0 Å². The molecule has 7 nitrogen and oxygen atoms in total. The summed E-state index contributed by atoms with van der Waals surface area (Å²) in [7, 11) is 0. The Morgan fingerprint density at radius 2 is 2.04 bits per heavy atom. The third-order valence-electron chi connectivity index (χ3n) is 2.67. The lowest BCUT2D eigenvalue weighted by atomic mass is 10.2. The number of hydrogen-bond acceptors (Lipinski definition) is 5. The van der Waals surface area contributed by atoms with Gasteiger partial charge in [0.15, 0.2) is 6.61 Å². The lowest BCUT2D eigenvalue weighted by Gasteiger charge is -2.04. The molecular weight excluding hydrogens is 305 g/mol. The number of non-ortho nitro benzene ring substituents is 1. The van der Waals surface area contributed by atoms with E-state index in [4.69, 9.17) is 4.74 Å². The van der Waals surface area contributed by atoms with Crippen LogP contribution in [-0.2, 0) is 4.79 Å². The maximum Gasteiger partial charge on any atom is 0.277 e. The molecule has 1 N–H and O–H groups in total. The number of nitro groups is 1. The Morgan fingerprint density at radius 3 is 2.74 bits per heavy atom. The monoisotopic (exact) mass is 317 g/mol. The second-order valence-corrected chi connectivity index (χ2v) is 4.39. The fourth-order valence-electron chi connectivity index (χ4n) is 1.61. The predicted octanol–water partition coefficient (Wildman–Crippen LogP) is 2.26. The Kier molecular flexibility index (Phi) is 5.35. The van der Waals surface area contributed by atoms with Crippen LogP contribution in [0.4, 0.5) is 10.1 Å². The molecule has 0 radical (unpaired) electrons. The third kappa shape index (κ3) is 5.20. The molecular formula is C15H12FN3O4. The summed E-state index contributed by atoms with van der Waals surface area (Å²) in [6, 6.07) is 11.0. The average molecular weight is 317 g/mol. The van der Waals surface area contributed by atoms with E-state index in [1.165, 1.54) is 48.7 Å². The largest absolute Gasteiger partial charge is 0.484 e. The van der Waals surface area contributed by atoms with Crippen LogP contribution in [-0.4, -0.2) is 23.7 Å². The number of rotatable bonds is 6. The van der Waals surface area contributed by atoms with E-state index in [0.29, 0.717) is 11.3 Å². The molecule has 0 saturated carbocycles. The molecule has 8 heteroatoms. The zero-order chi connectivity index (χ0) is 16.7. The highest BCUT2D eigenvalue weighted by Crippen LogP contribution is 2.12. The highest BCUT2D eigenvalue weighted by atomic mass is 19.1. The average Bonchev–Trinajstić information content (AvgIpc) is 2.54. The van der Waals surface area contributed by atoms with E-state index in [2.05, 4.69) is 10.5 Å². The zero-order valence-electron chi connectivity index (χ0n) is 11.8. The van der Waals surface area contributed by atoms with E-state index in [1.54, 1.807) is 6.07 Å². The highest BCUT2D eigenvalue weighted by Gasteiger charge is 2.04. The Balaban J connectivity index is 1.83. The van der Waals surface area contributed by atoms with E-state index in [1.807, 2.05) is 0 Å². The molecule has 0 atom stereocenters. The quantitative estimate of drug-likeness (QED) is 0.502. The van der Waals surface area contributed by atoms with E-state index in [9.17, 15) is 19.3 Å². The van der Waals surface area contributed by atoms with Gasteiger partial charge in [-0.05, 0) is 24.3 Å². The minimum Gasteiger partial charge on any atom is -0.484 e. The van der Waals surface area contributed by atoms with Crippen LogP contribution in [0.3, 0.4) is 0 Å². The van der Waals surface area contributed by atoms with Gasteiger partial charge in [0.25, 0.3) is 11.6 Å². The van der Waals surface area contributed by atoms with Crippen molar-refractivity contribution in [2.24, 2.45) is 5.10 Å². The Hall–Kier alpha value is -3.29. The van der Waals surface area contributed by atoms with Crippen molar-refractivity contribution < 1.29 is 18.8 Å². The molecule has 0 aliphatic rings. The van der Waals surface area contributed by atoms with Crippen molar-refractivity contribution >= 4 is 17.8 Å². The normalized spacial score (nSPS) is 10.5. The summed E-state index contributed by atoms with van der Waals surface area (Å²) < 4.78 is 17.8. The molecule has 0 spiro atoms. The summed E-state index contributed by atoms with van der Waals surface area (Å²) in [4.78, 5) is 21.6. The third-order valence-corrected chi connectivity index (χ3v) is 2.67. The smallest absolute Gasteiger partial charge is 0.277 e. The number of halogens is 1. The fraction of sp³-hybridized carbons (Fsp3) is 0.0667. The predicted molar refractivity (Wildman–Crippen MR) is 80.7 cm³/mol. The highest BCUT2D eigenvalue weighted by molar-refractivity contribution is 5.83. The number of nitrogens with zero attached hydrogens (tertiary/aromatic N) is 2. The van der Waals surface area contributed by atoms with Gasteiger partial charge in [-0.3, -0.25) is 14.9 Å². The number of carbonyl (C=O) groups excluding carboxylic acids is 1. The summed E-state index contributed by atoms with van der Waals surface area (Å²) in [6.07, 6.45) is 1.28. The molecule has 0 aromatic heterocycles. The van der Waals surface area contributed by atoms with Gasteiger partial charge in [-0.25, -0.2) is 9.82 Å². The van der Waals surface area contributed by atoms with Crippen molar-refractivity contribution in [3.8, 4) is 5.75 Å². The Morgan fingerprint density at radius 1 is 1.30 bits per heavy atom. The zero-order valence-corrected chi connectivity index (χ0v) is 11.8. The van der Waals surface area contributed by atoms with Crippen LogP contribution in [0.25, 0.3) is 0 Å². The van der Waals surface area contributed by atoms with Gasteiger partial charge in [-0.2, -0.15) is 5.10 Å². The van der Waals surface area contributed by atoms with Gasteiger partial charge in [0.2, 0.25) is 0 Å².